The van der Waals surface area contributed by atoms with Crippen molar-refractivity contribution in [2.75, 3.05) is 13.2 Å². The Hall–Kier alpha value is -3.93. The molecule has 0 spiro atoms. The first-order chi connectivity index (χ1) is 40.0. The fourth-order valence-electron chi connectivity index (χ4n) is 9.68. The molecule has 0 radical (unpaired) electrons. The van der Waals surface area contributed by atoms with Gasteiger partial charge in [-0.15, -0.1) is 0 Å². The van der Waals surface area contributed by atoms with Crippen molar-refractivity contribution in [3.63, 3.8) is 0 Å². The highest BCUT2D eigenvalue weighted by atomic mass is 16.6. The van der Waals surface area contributed by atoms with Crippen LogP contribution in [0, 0.1) is 0 Å². The number of carbonyl (C=O) groups excluding carboxylic acids is 3. The minimum atomic E-state index is -0.813. The van der Waals surface area contributed by atoms with Crippen LogP contribution in [-0.2, 0) is 28.6 Å². The molecule has 0 aliphatic rings. The van der Waals surface area contributed by atoms with E-state index in [2.05, 4.69) is 124 Å². The first-order valence-electron chi connectivity index (χ1n) is 34.4. The van der Waals surface area contributed by atoms with Crippen LogP contribution in [-0.4, -0.2) is 37.2 Å². The van der Waals surface area contributed by atoms with E-state index in [4.69, 9.17) is 14.2 Å². The molecule has 0 fully saturated rings. The van der Waals surface area contributed by atoms with Gasteiger partial charge in [0.15, 0.2) is 6.10 Å². The van der Waals surface area contributed by atoms with Gasteiger partial charge >= 0.3 is 17.9 Å². The van der Waals surface area contributed by atoms with Crippen molar-refractivity contribution < 1.29 is 28.6 Å². The molecule has 1 atom stereocenters. The van der Waals surface area contributed by atoms with E-state index >= 15 is 0 Å². The summed E-state index contributed by atoms with van der Waals surface area (Å²) in [5.74, 6) is -0.988. The largest absolute Gasteiger partial charge is 0.462 e. The second-order valence-electron chi connectivity index (χ2n) is 22.7. The first kappa shape index (κ1) is 77.1. The van der Waals surface area contributed by atoms with E-state index in [1.807, 2.05) is 6.08 Å². The number of ether oxygens (including phenoxy) is 3. The Balaban J connectivity index is 4.18. The van der Waals surface area contributed by atoms with E-state index in [0.717, 1.165) is 96.3 Å². The van der Waals surface area contributed by atoms with Gasteiger partial charge in [-0.2, -0.15) is 0 Å². The predicted octanol–water partition coefficient (Wildman–Crippen LogP) is 23.8. The summed E-state index contributed by atoms with van der Waals surface area (Å²) in [4.78, 5) is 38.3. The number of rotatable bonds is 62. The number of carbonyl (C=O) groups is 3. The number of allylic oxidation sites excluding steroid dienone is 18. The van der Waals surface area contributed by atoms with Crippen LogP contribution < -0.4 is 0 Å². The Morgan fingerprint density at radius 1 is 0.259 bits per heavy atom. The molecule has 6 heteroatoms. The summed E-state index contributed by atoms with van der Waals surface area (Å²) < 4.78 is 16.9. The number of esters is 3. The molecule has 0 aromatic heterocycles. The number of hydrogen-bond donors (Lipinski definition) is 0. The van der Waals surface area contributed by atoms with Gasteiger partial charge in [-0.25, -0.2) is 0 Å². The zero-order chi connectivity index (χ0) is 58.5. The van der Waals surface area contributed by atoms with Crippen LogP contribution in [0.25, 0.3) is 0 Å². The summed E-state index contributed by atoms with van der Waals surface area (Å²) in [5, 5.41) is 0. The van der Waals surface area contributed by atoms with E-state index in [1.165, 1.54) is 186 Å². The number of unbranched alkanes of at least 4 members (excludes halogenated alkanes) is 33. The fourth-order valence-corrected chi connectivity index (χ4v) is 9.68. The molecule has 0 aromatic carbocycles. The molecule has 0 aromatic rings. The molecule has 6 nitrogen and oxygen atoms in total. The zero-order valence-electron chi connectivity index (χ0n) is 53.3. The molecule has 0 N–H and O–H groups in total. The van der Waals surface area contributed by atoms with Crippen molar-refractivity contribution >= 4 is 17.9 Å². The second-order valence-corrected chi connectivity index (χ2v) is 22.7. The van der Waals surface area contributed by atoms with Crippen LogP contribution in [0.15, 0.2) is 109 Å². The highest BCUT2D eigenvalue weighted by Gasteiger charge is 2.19. The maximum atomic E-state index is 12.9. The lowest BCUT2D eigenvalue weighted by molar-refractivity contribution is -0.166. The zero-order valence-corrected chi connectivity index (χ0v) is 53.3. The van der Waals surface area contributed by atoms with Crippen molar-refractivity contribution in [3.8, 4) is 0 Å². The maximum absolute atomic E-state index is 12.9. The molecule has 0 aliphatic carbocycles. The molecule has 1 unspecified atom stereocenters. The quantitative estimate of drug-likeness (QED) is 0.0261. The summed E-state index contributed by atoms with van der Waals surface area (Å²) in [5.41, 5.74) is 0. The smallest absolute Gasteiger partial charge is 0.306 e. The standard InChI is InChI=1S/C75H128O6/c1-4-7-10-13-16-19-22-25-27-29-30-31-32-33-34-35-36-37-38-39-40-41-42-43-44-46-47-50-53-56-59-62-65-68-74(77)80-71-72(70-79-73(76)67-64-61-58-55-52-49-24-21-18-15-12-9-6-3)81-75(78)69-66-63-60-57-54-51-48-45-28-26-23-20-17-14-11-8-5-2/h8-9,11-12,17-18,20-22,25-26,28-30,49,52,58,61,72H,4-7,10,13-16,19,23-24,27,31-48,50-51,53-57,59-60,62-71H2,1-3H3/b11-8-,12-9-,20-17-,21-18-,25-22-,28-26-,30-29-,52-49-,61-58-. The van der Waals surface area contributed by atoms with Gasteiger partial charge in [0.25, 0.3) is 0 Å². The molecular weight excluding hydrogens is 997 g/mol. The van der Waals surface area contributed by atoms with Crippen molar-refractivity contribution in [2.24, 2.45) is 0 Å². The Bertz CT molecular complexity index is 1620. The highest BCUT2D eigenvalue weighted by molar-refractivity contribution is 5.71. The lowest BCUT2D eigenvalue weighted by atomic mass is 10.0. The third-order valence-corrected chi connectivity index (χ3v) is 14.8. The van der Waals surface area contributed by atoms with Gasteiger partial charge in [0, 0.05) is 19.3 Å². The molecule has 0 saturated heterocycles. The van der Waals surface area contributed by atoms with Crippen LogP contribution in [0.1, 0.15) is 329 Å². The van der Waals surface area contributed by atoms with Crippen molar-refractivity contribution in [2.45, 2.75) is 335 Å². The molecule has 0 bridgehead atoms. The first-order valence-corrected chi connectivity index (χ1v) is 34.4. The molecule has 0 saturated carbocycles. The summed E-state index contributed by atoms with van der Waals surface area (Å²) in [6.07, 6.45) is 94.3. The van der Waals surface area contributed by atoms with Gasteiger partial charge in [-0.1, -0.05) is 310 Å². The maximum Gasteiger partial charge on any atom is 0.306 e. The molecular formula is C75H128O6. The third-order valence-electron chi connectivity index (χ3n) is 14.8. The highest BCUT2D eigenvalue weighted by Crippen LogP contribution is 2.17. The van der Waals surface area contributed by atoms with Crippen LogP contribution in [0.5, 0.6) is 0 Å². The Kier molecular flexibility index (Phi) is 65.2. The summed E-state index contributed by atoms with van der Waals surface area (Å²) in [6.45, 7) is 6.36. The average molecular weight is 1130 g/mol. The van der Waals surface area contributed by atoms with Gasteiger partial charge < -0.3 is 14.2 Å². The topological polar surface area (TPSA) is 78.9 Å². The lowest BCUT2D eigenvalue weighted by Gasteiger charge is -2.18. The van der Waals surface area contributed by atoms with Crippen LogP contribution in [0.4, 0.5) is 0 Å². The van der Waals surface area contributed by atoms with Crippen LogP contribution in [0.3, 0.4) is 0 Å². The second kappa shape index (κ2) is 68.6. The van der Waals surface area contributed by atoms with Crippen molar-refractivity contribution in [3.05, 3.63) is 109 Å². The van der Waals surface area contributed by atoms with Crippen LogP contribution >= 0.6 is 0 Å². The molecule has 0 heterocycles. The SMILES string of the molecule is CC/C=C\C/C=C\C/C=C\C/C=C\CCC(=O)OCC(COC(=O)CCCCCCCCCCCCCCCCCCCCCCC/C=C\C/C=C\CCCCCCC)OC(=O)CCCCCCCCC/C=C\C/C=C\C/C=C\CC. The molecule has 464 valence electrons. The van der Waals surface area contributed by atoms with Crippen LogP contribution in [0.2, 0.25) is 0 Å². The van der Waals surface area contributed by atoms with E-state index in [1.54, 1.807) is 0 Å². The molecule has 81 heavy (non-hydrogen) atoms. The summed E-state index contributed by atoms with van der Waals surface area (Å²) in [6, 6.07) is 0. The van der Waals surface area contributed by atoms with E-state index in [0.29, 0.717) is 19.3 Å². The van der Waals surface area contributed by atoms with Gasteiger partial charge in [-0.3, -0.25) is 14.4 Å². The minimum absolute atomic E-state index is 0.103. The van der Waals surface area contributed by atoms with E-state index in [-0.39, 0.29) is 37.5 Å². The third kappa shape index (κ3) is 66.8. The molecule has 0 aliphatic heterocycles. The van der Waals surface area contributed by atoms with Gasteiger partial charge in [0.05, 0.1) is 0 Å². The Labute approximate surface area is 501 Å². The Morgan fingerprint density at radius 2 is 0.506 bits per heavy atom. The minimum Gasteiger partial charge on any atom is -0.462 e. The van der Waals surface area contributed by atoms with E-state index < -0.39 is 6.10 Å². The lowest BCUT2D eigenvalue weighted by Crippen LogP contribution is -2.30. The van der Waals surface area contributed by atoms with E-state index in [9.17, 15) is 14.4 Å². The predicted molar refractivity (Wildman–Crippen MR) is 353 cm³/mol. The van der Waals surface area contributed by atoms with Gasteiger partial charge in [0.1, 0.15) is 13.2 Å². The molecule has 0 rings (SSSR count). The van der Waals surface area contributed by atoms with Gasteiger partial charge in [-0.05, 0) is 109 Å². The fraction of sp³-hybridized carbons (Fsp3) is 0.720. The van der Waals surface area contributed by atoms with Crippen molar-refractivity contribution in [1.29, 1.82) is 0 Å². The average Bonchev–Trinajstić information content (AvgIpc) is 3.46. The summed E-state index contributed by atoms with van der Waals surface area (Å²) >= 11 is 0. The monoisotopic (exact) mass is 1120 g/mol. The normalized spacial score (nSPS) is 12.8. The van der Waals surface area contributed by atoms with Crippen molar-refractivity contribution in [1.82, 2.24) is 0 Å². The Morgan fingerprint density at radius 3 is 0.827 bits per heavy atom. The summed E-state index contributed by atoms with van der Waals surface area (Å²) in [7, 11) is 0. The number of hydrogen-bond acceptors (Lipinski definition) is 6. The van der Waals surface area contributed by atoms with Gasteiger partial charge in [0.2, 0.25) is 0 Å². The molecule has 0 amide bonds.